The average Bonchev–Trinajstić information content (AvgIpc) is 2.93. The number of anilines is 3. The number of nitrogens with zero attached hydrogens (tertiary/aromatic N) is 3. The topological polar surface area (TPSA) is 97.8 Å². The lowest BCUT2D eigenvalue weighted by Gasteiger charge is -2.26. The van der Waals surface area contributed by atoms with Crippen LogP contribution in [0.25, 0.3) is 11.3 Å². The molecule has 1 saturated heterocycles. The Morgan fingerprint density at radius 3 is 2.66 bits per heavy atom. The minimum atomic E-state index is -0.0795. The summed E-state index contributed by atoms with van der Waals surface area (Å²) >= 11 is 0. The minimum absolute atomic E-state index is 0.00536. The summed E-state index contributed by atoms with van der Waals surface area (Å²) in [5.74, 6) is 1.74. The highest BCUT2D eigenvalue weighted by atomic mass is 16.5. The predicted octanol–water partition coefficient (Wildman–Crippen LogP) is 4.90. The van der Waals surface area contributed by atoms with Gasteiger partial charge in [0.05, 0.1) is 32.6 Å². The zero-order valence-electron chi connectivity index (χ0n) is 22.6. The molecular formula is C29H37N5O4. The molecule has 38 heavy (non-hydrogen) atoms. The second kappa shape index (κ2) is 13.2. The molecule has 0 atom stereocenters. The molecule has 9 heteroatoms. The van der Waals surface area contributed by atoms with E-state index in [1.54, 1.807) is 13.3 Å². The van der Waals surface area contributed by atoms with Crippen LogP contribution in [0.2, 0.25) is 0 Å². The van der Waals surface area contributed by atoms with Crippen LogP contribution in [0.3, 0.4) is 0 Å². The van der Waals surface area contributed by atoms with Gasteiger partial charge in [0.1, 0.15) is 0 Å². The van der Waals surface area contributed by atoms with E-state index >= 15 is 0 Å². The number of methoxy groups -OCH3 is 1. The van der Waals surface area contributed by atoms with Gasteiger partial charge in [-0.2, -0.15) is 0 Å². The van der Waals surface area contributed by atoms with E-state index in [0.29, 0.717) is 24.1 Å². The minimum Gasteiger partial charge on any atom is -0.493 e. The lowest BCUT2D eigenvalue weighted by molar-refractivity contribution is -0.118. The van der Waals surface area contributed by atoms with E-state index in [1.165, 1.54) is 0 Å². The van der Waals surface area contributed by atoms with Gasteiger partial charge in [-0.15, -0.1) is 0 Å². The van der Waals surface area contributed by atoms with Crippen molar-refractivity contribution in [2.75, 3.05) is 57.2 Å². The molecule has 0 radical (unpaired) electrons. The first-order chi connectivity index (χ1) is 18.4. The summed E-state index contributed by atoms with van der Waals surface area (Å²) in [6.45, 7) is 10.9. The Kier molecular flexibility index (Phi) is 9.51. The third-order valence-electron chi connectivity index (χ3n) is 6.36. The number of nitrogens with one attached hydrogen (secondary N) is 2. The average molecular weight is 520 g/mol. The Hall–Kier alpha value is -3.69. The van der Waals surface area contributed by atoms with E-state index in [4.69, 9.17) is 14.2 Å². The molecule has 1 fully saturated rings. The summed E-state index contributed by atoms with van der Waals surface area (Å²) in [4.78, 5) is 23.5. The number of amides is 1. The first kappa shape index (κ1) is 27.3. The molecule has 202 valence electrons. The third-order valence-corrected chi connectivity index (χ3v) is 6.36. The molecule has 1 aliphatic heterocycles. The van der Waals surface area contributed by atoms with Crippen molar-refractivity contribution in [2.24, 2.45) is 5.92 Å². The normalized spacial score (nSPS) is 13.8. The Balaban J connectivity index is 1.38. The number of ether oxygens (including phenoxy) is 3. The number of rotatable bonds is 11. The van der Waals surface area contributed by atoms with Gasteiger partial charge in [0, 0.05) is 54.8 Å². The molecule has 9 nitrogen and oxygen atoms in total. The fraction of sp³-hybridized carbons (Fsp3) is 0.414. The van der Waals surface area contributed by atoms with Crippen molar-refractivity contribution in [3.63, 3.8) is 0 Å². The van der Waals surface area contributed by atoms with Crippen molar-refractivity contribution in [1.82, 2.24) is 14.9 Å². The second-order valence-corrected chi connectivity index (χ2v) is 9.59. The van der Waals surface area contributed by atoms with Crippen molar-refractivity contribution >= 4 is 23.2 Å². The number of aromatic nitrogens is 2. The van der Waals surface area contributed by atoms with Gasteiger partial charge < -0.3 is 24.8 Å². The van der Waals surface area contributed by atoms with Gasteiger partial charge in [0.2, 0.25) is 11.9 Å². The fourth-order valence-electron chi connectivity index (χ4n) is 4.11. The number of carbonyl (C=O) groups excluding carboxylic acids is 1. The van der Waals surface area contributed by atoms with Crippen LogP contribution in [0.5, 0.6) is 11.5 Å². The fourth-order valence-corrected chi connectivity index (χ4v) is 4.11. The van der Waals surface area contributed by atoms with Crippen LogP contribution < -0.4 is 20.1 Å². The zero-order valence-corrected chi connectivity index (χ0v) is 22.6. The summed E-state index contributed by atoms with van der Waals surface area (Å²) in [5.41, 5.74) is 4.28. The number of carbonyl (C=O) groups is 1. The molecule has 0 bridgehead atoms. The van der Waals surface area contributed by atoms with Gasteiger partial charge in [0.15, 0.2) is 11.5 Å². The maximum atomic E-state index is 12.1. The molecule has 3 aromatic rings. The molecule has 1 amide bonds. The largest absolute Gasteiger partial charge is 0.493 e. The van der Waals surface area contributed by atoms with E-state index in [1.807, 2.05) is 63.2 Å². The molecule has 0 saturated carbocycles. The first-order valence-electron chi connectivity index (χ1n) is 13.1. The molecule has 0 unspecified atom stereocenters. The highest BCUT2D eigenvalue weighted by Gasteiger charge is 2.12. The molecule has 4 rings (SSSR count). The highest BCUT2D eigenvalue weighted by Crippen LogP contribution is 2.31. The summed E-state index contributed by atoms with van der Waals surface area (Å²) in [6.07, 6.45) is 2.66. The van der Waals surface area contributed by atoms with Gasteiger partial charge in [-0.1, -0.05) is 19.9 Å². The van der Waals surface area contributed by atoms with Gasteiger partial charge in [-0.25, -0.2) is 9.97 Å². The smallest absolute Gasteiger partial charge is 0.227 e. The Bertz CT molecular complexity index is 1230. The number of morpholine rings is 1. The van der Waals surface area contributed by atoms with Crippen molar-refractivity contribution in [2.45, 2.75) is 27.2 Å². The predicted molar refractivity (Wildman–Crippen MR) is 149 cm³/mol. The Morgan fingerprint density at radius 2 is 1.92 bits per heavy atom. The molecule has 2 heterocycles. The third kappa shape index (κ3) is 7.43. The highest BCUT2D eigenvalue weighted by molar-refractivity contribution is 5.93. The van der Waals surface area contributed by atoms with Crippen molar-refractivity contribution < 1.29 is 19.0 Å². The lowest BCUT2D eigenvalue weighted by atomic mass is 10.1. The van der Waals surface area contributed by atoms with Crippen molar-refractivity contribution in [1.29, 1.82) is 0 Å². The summed E-state index contributed by atoms with van der Waals surface area (Å²) in [6, 6.07) is 13.4. The summed E-state index contributed by atoms with van der Waals surface area (Å²) < 4.78 is 17.0. The van der Waals surface area contributed by atoms with E-state index in [0.717, 1.165) is 67.5 Å². The standard InChI is InChI=1S/C29H37N5O4/c1-20(2)28(35)32-24-8-6-22(18-21(24)3)25-10-11-30-29(33-25)31-23-7-9-26(27(19-23)36-4)38-15-5-12-34-13-16-37-17-14-34/h6-11,18-20H,5,12-17H2,1-4H3,(H,32,35)(H,30,31,33). The van der Waals surface area contributed by atoms with E-state index in [9.17, 15) is 4.79 Å². The van der Waals surface area contributed by atoms with Crippen LogP contribution in [-0.4, -0.2) is 67.3 Å². The van der Waals surface area contributed by atoms with Gasteiger partial charge in [-0.05, 0) is 49.2 Å². The molecular weight excluding hydrogens is 482 g/mol. The van der Waals surface area contributed by atoms with E-state index in [-0.39, 0.29) is 11.8 Å². The monoisotopic (exact) mass is 519 g/mol. The quantitative estimate of drug-likeness (QED) is 0.345. The van der Waals surface area contributed by atoms with Crippen LogP contribution in [-0.2, 0) is 9.53 Å². The molecule has 0 spiro atoms. The molecule has 2 N–H and O–H groups in total. The summed E-state index contributed by atoms with van der Waals surface area (Å²) in [5, 5.41) is 6.22. The zero-order chi connectivity index (χ0) is 26.9. The van der Waals surface area contributed by atoms with Crippen LogP contribution in [0.1, 0.15) is 25.8 Å². The van der Waals surface area contributed by atoms with E-state index < -0.39 is 0 Å². The number of hydrogen-bond donors (Lipinski definition) is 2. The Labute approximate surface area is 224 Å². The molecule has 2 aromatic carbocycles. The molecule has 1 aliphatic rings. The van der Waals surface area contributed by atoms with E-state index in [2.05, 4.69) is 25.5 Å². The Morgan fingerprint density at radius 1 is 1.11 bits per heavy atom. The van der Waals surface area contributed by atoms with Crippen molar-refractivity contribution in [3.05, 3.63) is 54.2 Å². The second-order valence-electron chi connectivity index (χ2n) is 9.59. The van der Waals surface area contributed by atoms with Crippen LogP contribution in [0, 0.1) is 12.8 Å². The molecule has 1 aromatic heterocycles. The van der Waals surface area contributed by atoms with Crippen LogP contribution in [0.15, 0.2) is 48.7 Å². The van der Waals surface area contributed by atoms with Crippen LogP contribution in [0.4, 0.5) is 17.3 Å². The number of hydrogen-bond acceptors (Lipinski definition) is 8. The maximum absolute atomic E-state index is 12.1. The van der Waals surface area contributed by atoms with Crippen molar-refractivity contribution in [3.8, 4) is 22.8 Å². The number of aryl methyl sites for hydroxylation is 1. The molecule has 0 aliphatic carbocycles. The lowest BCUT2D eigenvalue weighted by Crippen LogP contribution is -2.37. The van der Waals surface area contributed by atoms with Gasteiger partial charge in [0.25, 0.3) is 0 Å². The first-order valence-corrected chi connectivity index (χ1v) is 13.1. The van der Waals surface area contributed by atoms with Gasteiger partial charge >= 0.3 is 0 Å². The van der Waals surface area contributed by atoms with Gasteiger partial charge in [-0.3, -0.25) is 9.69 Å². The SMILES string of the molecule is COc1cc(Nc2nccc(-c3ccc(NC(=O)C(C)C)c(C)c3)n2)ccc1OCCCN1CCOCC1. The number of benzene rings is 2. The van der Waals surface area contributed by atoms with Crippen LogP contribution >= 0.6 is 0 Å². The maximum Gasteiger partial charge on any atom is 0.227 e. The summed E-state index contributed by atoms with van der Waals surface area (Å²) in [7, 11) is 1.63.